The number of ether oxygens (including phenoxy) is 2. The molecule has 1 aromatic carbocycles. The number of amides is 1. The Morgan fingerprint density at radius 1 is 1.10 bits per heavy atom. The number of anilines is 1. The van der Waals surface area contributed by atoms with Crippen LogP contribution in [0, 0.1) is 0 Å². The highest BCUT2D eigenvalue weighted by Gasteiger charge is 2.44. The predicted octanol–water partition coefficient (Wildman–Crippen LogP) is 2.03. The maximum Gasteiger partial charge on any atom is 0.421 e. The molecule has 11 heteroatoms. The van der Waals surface area contributed by atoms with Crippen molar-refractivity contribution in [3.63, 3.8) is 0 Å². The molecule has 1 amide bonds. The number of methoxy groups -OCH3 is 2. The van der Waals surface area contributed by atoms with Gasteiger partial charge in [0.1, 0.15) is 0 Å². The molecule has 1 saturated carbocycles. The van der Waals surface area contributed by atoms with Gasteiger partial charge in [-0.1, -0.05) is 0 Å². The molecular formula is C20H26N4O6S. The number of fused-ring (bicyclic) bond motifs is 1. The van der Waals surface area contributed by atoms with Gasteiger partial charge in [-0.3, -0.25) is 4.98 Å². The first-order valence-corrected chi connectivity index (χ1v) is 11.5. The maximum absolute atomic E-state index is 12.5. The minimum Gasteiger partial charge on any atom is -0.493 e. The molecule has 1 aliphatic heterocycles. The van der Waals surface area contributed by atoms with Gasteiger partial charge < -0.3 is 24.3 Å². The number of benzene rings is 1. The van der Waals surface area contributed by atoms with Gasteiger partial charge in [-0.15, -0.1) is 0 Å². The normalized spacial score (nSPS) is 17.7. The van der Waals surface area contributed by atoms with Crippen molar-refractivity contribution in [3.8, 4) is 11.5 Å². The number of rotatable bonds is 7. The zero-order chi connectivity index (χ0) is 22.2. The number of pyridine rings is 1. The molecule has 2 N–H and O–H groups in total. The molecule has 0 bridgehead atoms. The fourth-order valence-corrected chi connectivity index (χ4v) is 5.68. The first-order chi connectivity index (χ1) is 14.8. The molecule has 4 rings (SSSR count). The van der Waals surface area contributed by atoms with Crippen molar-refractivity contribution in [2.45, 2.75) is 37.8 Å². The van der Waals surface area contributed by atoms with Gasteiger partial charge >= 0.3 is 16.4 Å². The number of carbonyl (C=O) groups is 1. The standard InChI is InChI=1S/C20H26N4O6S/c1-28-18-11-15-16(12-19(18)29-2)22-8-5-17(15)23-9-6-14(7-10-23)24(13-3-4-13)31(26,27)30-20(21)25/h5,8,11-14H,3-4,6-7,9-10H2,1-2H3,(H2,21,25). The van der Waals surface area contributed by atoms with Gasteiger partial charge in [0.2, 0.25) is 0 Å². The van der Waals surface area contributed by atoms with Crippen LogP contribution in [0.3, 0.4) is 0 Å². The molecule has 0 unspecified atom stereocenters. The number of hydrogen-bond donors (Lipinski definition) is 1. The molecule has 168 valence electrons. The van der Waals surface area contributed by atoms with E-state index in [-0.39, 0.29) is 12.1 Å². The predicted molar refractivity (Wildman–Crippen MR) is 115 cm³/mol. The van der Waals surface area contributed by atoms with Crippen molar-refractivity contribution in [2.75, 3.05) is 32.2 Å². The third-order valence-electron chi connectivity index (χ3n) is 5.74. The molecule has 1 aliphatic carbocycles. The van der Waals surface area contributed by atoms with Crippen LogP contribution >= 0.6 is 0 Å². The van der Waals surface area contributed by atoms with Crippen LogP contribution in [0.25, 0.3) is 10.9 Å². The lowest BCUT2D eigenvalue weighted by atomic mass is 10.0. The van der Waals surface area contributed by atoms with E-state index in [0.717, 1.165) is 29.4 Å². The zero-order valence-electron chi connectivity index (χ0n) is 17.5. The summed E-state index contributed by atoms with van der Waals surface area (Å²) in [6.45, 7) is 1.29. The Morgan fingerprint density at radius 3 is 2.29 bits per heavy atom. The number of nitrogens with two attached hydrogens (primary N) is 1. The molecule has 2 heterocycles. The Labute approximate surface area is 181 Å². The molecule has 10 nitrogen and oxygen atoms in total. The summed E-state index contributed by atoms with van der Waals surface area (Å²) in [6, 6.07) is 5.33. The summed E-state index contributed by atoms with van der Waals surface area (Å²) in [7, 11) is -1.02. The highest BCUT2D eigenvalue weighted by Crippen LogP contribution is 2.38. The van der Waals surface area contributed by atoms with Gasteiger partial charge in [0, 0.05) is 48.5 Å². The Kier molecular flexibility index (Phi) is 5.80. The topological polar surface area (TPSA) is 124 Å². The van der Waals surface area contributed by atoms with Gasteiger partial charge in [0.05, 0.1) is 19.7 Å². The van der Waals surface area contributed by atoms with Crippen molar-refractivity contribution >= 4 is 33.0 Å². The summed E-state index contributed by atoms with van der Waals surface area (Å²) in [5.74, 6) is 1.23. The molecule has 0 atom stereocenters. The Balaban J connectivity index is 1.56. The molecule has 2 aromatic rings. The fourth-order valence-electron chi connectivity index (χ4n) is 4.23. The highest BCUT2D eigenvalue weighted by atomic mass is 32.2. The van der Waals surface area contributed by atoms with E-state index < -0.39 is 16.4 Å². The summed E-state index contributed by atoms with van der Waals surface area (Å²) >= 11 is 0. The second kappa shape index (κ2) is 8.39. The highest BCUT2D eigenvalue weighted by molar-refractivity contribution is 7.84. The average Bonchev–Trinajstić information content (AvgIpc) is 3.56. The van der Waals surface area contributed by atoms with Crippen molar-refractivity contribution < 1.29 is 26.9 Å². The minimum absolute atomic E-state index is 0.126. The van der Waals surface area contributed by atoms with Gasteiger partial charge in [-0.05, 0) is 37.8 Å². The van der Waals surface area contributed by atoms with E-state index in [1.165, 1.54) is 4.31 Å². The van der Waals surface area contributed by atoms with Crippen molar-refractivity contribution in [1.29, 1.82) is 0 Å². The van der Waals surface area contributed by atoms with Crippen LogP contribution in [0.1, 0.15) is 25.7 Å². The van der Waals surface area contributed by atoms with Crippen molar-refractivity contribution in [3.05, 3.63) is 24.4 Å². The molecule has 1 saturated heterocycles. The lowest BCUT2D eigenvalue weighted by Gasteiger charge is -2.38. The first kappa shape index (κ1) is 21.4. The van der Waals surface area contributed by atoms with Crippen LogP contribution in [0.15, 0.2) is 24.4 Å². The summed E-state index contributed by atoms with van der Waals surface area (Å²) in [5, 5.41) is 0.933. The number of piperidine rings is 1. The van der Waals surface area contributed by atoms with E-state index in [0.29, 0.717) is 37.4 Å². The minimum atomic E-state index is -4.19. The monoisotopic (exact) mass is 450 g/mol. The van der Waals surface area contributed by atoms with Gasteiger partial charge in [0.25, 0.3) is 0 Å². The number of aromatic nitrogens is 1. The quantitative estimate of drug-likeness (QED) is 0.679. The van der Waals surface area contributed by atoms with Crippen LogP contribution in [0.4, 0.5) is 10.5 Å². The third-order valence-corrected chi connectivity index (χ3v) is 7.23. The second-order valence-electron chi connectivity index (χ2n) is 7.69. The molecule has 31 heavy (non-hydrogen) atoms. The van der Waals surface area contributed by atoms with Crippen LogP contribution < -0.4 is 20.1 Å². The average molecular weight is 451 g/mol. The fraction of sp³-hybridized carbons (Fsp3) is 0.500. The number of carbonyl (C=O) groups excluding carboxylic acids is 1. The summed E-state index contributed by atoms with van der Waals surface area (Å²) < 4.78 is 41.7. The lowest BCUT2D eigenvalue weighted by molar-refractivity contribution is 0.194. The SMILES string of the molecule is COc1cc2nccc(N3CCC(N(C4CC4)S(=O)(=O)OC(N)=O)CC3)c2cc1OC. The first-order valence-electron chi connectivity index (χ1n) is 10.1. The largest absolute Gasteiger partial charge is 0.493 e. The van der Waals surface area contributed by atoms with Crippen LogP contribution in [-0.2, 0) is 14.5 Å². The summed E-state index contributed by atoms with van der Waals surface area (Å²) in [6.07, 6.45) is 3.17. The molecule has 1 aromatic heterocycles. The number of nitrogens with zero attached hydrogens (tertiary/aromatic N) is 3. The zero-order valence-corrected chi connectivity index (χ0v) is 18.3. The Bertz CT molecular complexity index is 1080. The number of primary amides is 1. The van der Waals surface area contributed by atoms with E-state index in [2.05, 4.69) is 14.1 Å². The maximum atomic E-state index is 12.5. The van der Waals surface area contributed by atoms with Crippen LogP contribution in [0.2, 0.25) is 0 Å². The van der Waals surface area contributed by atoms with E-state index in [4.69, 9.17) is 15.2 Å². The molecule has 2 aliphatic rings. The van der Waals surface area contributed by atoms with Gasteiger partial charge in [-0.25, -0.2) is 4.79 Å². The summed E-state index contributed by atoms with van der Waals surface area (Å²) in [5.41, 5.74) is 6.75. The van der Waals surface area contributed by atoms with Gasteiger partial charge in [-0.2, -0.15) is 12.7 Å². The van der Waals surface area contributed by atoms with Crippen LogP contribution in [-0.4, -0.2) is 63.2 Å². The van der Waals surface area contributed by atoms with Crippen molar-refractivity contribution in [1.82, 2.24) is 9.29 Å². The lowest BCUT2D eigenvalue weighted by Crippen LogP contribution is -2.49. The second-order valence-corrected chi connectivity index (χ2v) is 9.14. The molecule has 0 radical (unpaired) electrons. The van der Waals surface area contributed by atoms with E-state index in [1.807, 2.05) is 18.2 Å². The molecule has 2 fully saturated rings. The number of hydrogen-bond acceptors (Lipinski definition) is 8. The molecular weight excluding hydrogens is 424 g/mol. The summed E-state index contributed by atoms with van der Waals surface area (Å²) in [4.78, 5) is 17.7. The Morgan fingerprint density at radius 2 is 1.71 bits per heavy atom. The van der Waals surface area contributed by atoms with E-state index in [1.54, 1.807) is 20.4 Å². The van der Waals surface area contributed by atoms with Crippen LogP contribution in [0.5, 0.6) is 11.5 Å². The van der Waals surface area contributed by atoms with E-state index >= 15 is 0 Å². The smallest absolute Gasteiger partial charge is 0.421 e. The third kappa shape index (κ3) is 4.33. The Hall–Kier alpha value is -2.79. The van der Waals surface area contributed by atoms with E-state index in [9.17, 15) is 13.2 Å². The van der Waals surface area contributed by atoms with Gasteiger partial charge in [0.15, 0.2) is 11.5 Å². The van der Waals surface area contributed by atoms with Crippen molar-refractivity contribution in [2.24, 2.45) is 5.73 Å². The molecule has 0 spiro atoms.